The summed E-state index contributed by atoms with van der Waals surface area (Å²) in [5.41, 5.74) is 1.66. The molecule has 0 saturated carbocycles. The Bertz CT molecular complexity index is 941. The van der Waals surface area contributed by atoms with Crippen molar-refractivity contribution < 1.29 is 4.79 Å². The number of aromatic amines is 2. The van der Waals surface area contributed by atoms with Crippen LogP contribution in [-0.2, 0) is 6.54 Å². The van der Waals surface area contributed by atoms with Crippen LogP contribution in [-0.4, -0.2) is 38.0 Å². The molecule has 0 radical (unpaired) electrons. The second-order valence-electron chi connectivity index (χ2n) is 6.05. The highest BCUT2D eigenvalue weighted by molar-refractivity contribution is 5.92. The maximum Gasteiger partial charge on any atom is 0.274 e. The van der Waals surface area contributed by atoms with Crippen LogP contribution < -0.4 is 5.56 Å². The van der Waals surface area contributed by atoms with Crippen molar-refractivity contribution in [1.82, 2.24) is 25.1 Å². The van der Waals surface area contributed by atoms with Gasteiger partial charge in [-0.3, -0.25) is 14.7 Å². The van der Waals surface area contributed by atoms with Gasteiger partial charge in [0, 0.05) is 12.7 Å². The standard InChI is InChI=1S/C17H19N5O2/c1-10(2)13-8-14(21-20-13)17(24)22(3)9-15-18-12-7-5-4-6-11(12)16(23)19-15/h4-8,10H,9H2,1-3H3,(H,20,21)(H,18,19,23). The van der Waals surface area contributed by atoms with Gasteiger partial charge in [0.1, 0.15) is 11.5 Å². The number of carbonyl (C=O) groups is 1. The van der Waals surface area contributed by atoms with E-state index in [2.05, 4.69) is 20.2 Å². The summed E-state index contributed by atoms with van der Waals surface area (Å²) >= 11 is 0. The molecule has 2 aromatic heterocycles. The van der Waals surface area contributed by atoms with E-state index >= 15 is 0 Å². The van der Waals surface area contributed by atoms with Gasteiger partial charge in [0.15, 0.2) is 0 Å². The maximum atomic E-state index is 12.5. The van der Waals surface area contributed by atoms with Crippen LogP contribution in [0.2, 0.25) is 0 Å². The molecule has 24 heavy (non-hydrogen) atoms. The first kappa shape index (κ1) is 15.9. The Morgan fingerprint density at radius 3 is 2.75 bits per heavy atom. The molecule has 0 aliphatic carbocycles. The van der Waals surface area contributed by atoms with Gasteiger partial charge in [-0.05, 0) is 24.1 Å². The molecular weight excluding hydrogens is 306 g/mol. The molecule has 7 heteroatoms. The fraction of sp³-hybridized carbons (Fsp3) is 0.294. The lowest BCUT2D eigenvalue weighted by Crippen LogP contribution is -2.28. The summed E-state index contributed by atoms with van der Waals surface area (Å²) in [4.78, 5) is 33.1. The van der Waals surface area contributed by atoms with Gasteiger partial charge in [-0.1, -0.05) is 26.0 Å². The molecule has 0 spiro atoms. The van der Waals surface area contributed by atoms with Gasteiger partial charge in [0.25, 0.3) is 11.5 Å². The van der Waals surface area contributed by atoms with Crippen LogP contribution in [0.1, 0.15) is 41.8 Å². The number of aromatic nitrogens is 4. The van der Waals surface area contributed by atoms with Crippen LogP contribution in [0.5, 0.6) is 0 Å². The van der Waals surface area contributed by atoms with Crippen molar-refractivity contribution in [2.45, 2.75) is 26.3 Å². The number of carbonyl (C=O) groups excluding carboxylic acids is 1. The smallest absolute Gasteiger partial charge is 0.274 e. The number of para-hydroxylation sites is 1. The zero-order valence-electron chi connectivity index (χ0n) is 13.8. The van der Waals surface area contributed by atoms with E-state index in [1.807, 2.05) is 19.9 Å². The second-order valence-corrected chi connectivity index (χ2v) is 6.05. The van der Waals surface area contributed by atoms with Crippen LogP contribution in [0.4, 0.5) is 0 Å². The van der Waals surface area contributed by atoms with Crippen LogP contribution in [0.25, 0.3) is 10.9 Å². The average Bonchev–Trinajstić information content (AvgIpc) is 3.04. The summed E-state index contributed by atoms with van der Waals surface area (Å²) in [7, 11) is 1.65. The monoisotopic (exact) mass is 325 g/mol. The highest BCUT2D eigenvalue weighted by Gasteiger charge is 2.17. The van der Waals surface area contributed by atoms with E-state index < -0.39 is 0 Å². The average molecular weight is 325 g/mol. The number of hydrogen-bond acceptors (Lipinski definition) is 4. The summed E-state index contributed by atoms with van der Waals surface area (Å²) in [5, 5.41) is 7.46. The van der Waals surface area contributed by atoms with Gasteiger partial charge in [-0.25, -0.2) is 4.98 Å². The van der Waals surface area contributed by atoms with Crippen LogP contribution in [0, 0.1) is 0 Å². The fourth-order valence-electron chi connectivity index (χ4n) is 2.44. The van der Waals surface area contributed by atoms with E-state index in [4.69, 9.17) is 0 Å². The van der Waals surface area contributed by atoms with E-state index in [1.54, 1.807) is 31.3 Å². The third-order valence-corrected chi connectivity index (χ3v) is 3.83. The summed E-state index contributed by atoms with van der Waals surface area (Å²) in [6, 6.07) is 8.86. The quantitative estimate of drug-likeness (QED) is 0.767. The molecule has 2 N–H and O–H groups in total. The Morgan fingerprint density at radius 1 is 1.29 bits per heavy atom. The molecule has 7 nitrogen and oxygen atoms in total. The minimum atomic E-state index is -0.228. The third kappa shape index (κ3) is 3.05. The Labute approximate surface area is 138 Å². The predicted octanol–water partition coefficient (Wildman–Crippen LogP) is 2.04. The molecule has 1 aromatic carbocycles. The molecule has 0 fully saturated rings. The normalized spacial score (nSPS) is 11.2. The molecule has 0 aliphatic heterocycles. The van der Waals surface area contributed by atoms with Gasteiger partial charge >= 0.3 is 0 Å². The first-order valence-electron chi connectivity index (χ1n) is 7.74. The minimum Gasteiger partial charge on any atom is -0.333 e. The van der Waals surface area contributed by atoms with E-state index in [0.29, 0.717) is 22.4 Å². The lowest BCUT2D eigenvalue weighted by atomic mass is 10.1. The maximum absolute atomic E-state index is 12.5. The Hall–Kier alpha value is -2.96. The fourth-order valence-corrected chi connectivity index (χ4v) is 2.44. The van der Waals surface area contributed by atoms with Crippen LogP contribution in [0.15, 0.2) is 35.1 Å². The van der Waals surface area contributed by atoms with Crippen molar-refractivity contribution in [1.29, 1.82) is 0 Å². The molecule has 0 aliphatic rings. The Kier molecular flexibility index (Phi) is 4.16. The number of benzene rings is 1. The Morgan fingerprint density at radius 2 is 2.04 bits per heavy atom. The number of fused-ring (bicyclic) bond motifs is 1. The molecule has 2 heterocycles. The molecule has 0 unspecified atom stereocenters. The summed E-state index contributed by atoms with van der Waals surface area (Å²) in [6.07, 6.45) is 0. The minimum absolute atomic E-state index is 0.197. The summed E-state index contributed by atoms with van der Waals surface area (Å²) in [5.74, 6) is 0.478. The van der Waals surface area contributed by atoms with Crippen molar-refractivity contribution in [3.63, 3.8) is 0 Å². The number of rotatable bonds is 4. The number of amides is 1. The number of nitrogens with one attached hydrogen (secondary N) is 2. The van der Waals surface area contributed by atoms with Crippen LogP contribution in [0.3, 0.4) is 0 Å². The third-order valence-electron chi connectivity index (χ3n) is 3.83. The largest absolute Gasteiger partial charge is 0.333 e. The van der Waals surface area contributed by atoms with Crippen molar-refractivity contribution in [2.75, 3.05) is 7.05 Å². The lowest BCUT2D eigenvalue weighted by Gasteiger charge is -2.15. The molecule has 3 rings (SSSR count). The number of hydrogen-bond donors (Lipinski definition) is 2. The number of H-pyrrole nitrogens is 2. The van der Waals surface area contributed by atoms with Gasteiger partial charge in [0.05, 0.1) is 17.4 Å². The molecule has 3 aromatic rings. The van der Waals surface area contributed by atoms with E-state index in [-0.39, 0.29) is 23.9 Å². The molecule has 0 atom stereocenters. The first-order valence-corrected chi connectivity index (χ1v) is 7.74. The molecule has 0 saturated heterocycles. The lowest BCUT2D eigenvalue weighted by molar-refractivity contribution is 0.0775. The highest BCUT2D eigenvalue weighted by atomic mass is 16.2. The van der Waals surface area contributed by atoms with Gasteiger partial charge < -0.3 is 9.88 Å². The van der Waals surface area contributed by atoms with Crippen LogP contribution >= 0.6 is 0 Å². The molecule has 0 bridgehead atoms. The first-order chi connectivity index (χ1) is 11.5. The zero-order chi connectivity index (χ0) is 17.3. The van der Waals surface area contributed by atoms with E-state index in [1.165, 1.54) is 4.90 Å². The van der Waals surface area contributed by atoms with Crippen molar-refractivity contribution >= 4 is 16.8 Å². The van der Waals surface area contributed by atoms with Gasteiger partial charge in [0.2, 0.25) is 0 Å². The summed E-state index contributed by atoms with van der Waals surface area (Å²) < 4.78 is 0. The van der Waals surface area contributed by atoms with Crippen molar-refractivity contribution in [3.8, 4) is 0 Å². The Balaban J connectivity index is 1.82. The molecule has 124 valence electrons. The van der Waals surface area contributed by atoms with Crippen molar-refractivity contribution in [3.05, 3.63) is 57.9 Å². The van der Waals surface area contributed by atoms with Gasteiger partial charge in [-0.15, -0.1) is 0 Å². The SMILES string of the molecule is CC(C)c1cc(C(=O)N(C)Cc2nc3ccccc3c(=O)[nH]2)n[nH]1. The van der Waals surface area contributed by atoms with Crippen molar-refractivity contribution in [2.24, 2.45) is 0 Å². The molecule has 1 amide bonds. The predicted molar refractivity (Wildman–Crippen MR) is 90.8 cm³/mol. The van der Waals surface area contributed by atoms with E-state index in [0.717, 1.165) is 5.69 Å². The second kappa shape index (κ2) is 6.27. The highest BCUT2D eigenvalue weighted by Crippen LogP contribution is 2.13. The van der Waals surface area contributed by atoms with Gasteiger partial charge in [-0.2, -0.15) is 5.10 Å². The summed E-state index contributed by atoms with van der Waals surface area (Å²) in [6.45, 7) is 4.24. The molecular formula is C17H19N5O2. The number of nitrogens with zero attached hydrogens (tertiary/aromatic N) is 3. The topological polar surface area (TPSA) is 94.7 Å². The van der Waals surface area contributed by atoms with E-state index in [9.17, 15) is 9.59 Å². The zero-order valence-corrected chi connectivity index (χ0v) is 13.8.